The minimum absolute atomic E-state index is 0.633. The number of hydrogen-bond acceptors (Lipinski definition) is 2. The number of amidine groups is 1. The van der Waals surface area contributed by atoms with Crippen molar-refractivity contribution in [3.05, 3.63) is 0 Å². The van der Waals surface area contributed by atoms with Gasteiger partial charge in [-0.15, -0.1) is 0 Å². The zero-order valence-corrected chi connectivity index (χ0v) is 12.1. The average Bonchev–Trinajstić information content (AvgIpc) is 2.79. The first-order chi connectivity index (χ1) is 8.25. The Morgan fingerprint density at radius 3 is 2.71 bits per heavy atom. The molecule has 1 aliphatic heterocycles. The third-order valence-electron chi connectivity index (χ3n) is 4.03. The van der Waals surface area contributed by atoms with Crippen LogP contribution >= 0.6 is 11.8 Å². The van der Waals surface area contributed by atoms with Gasteiger partial charge in [0.05, 0.1) is 0 Å². The average molecular weight is 254 g/mol. The Labute approximate surface area is 110 Å². The fourth-order valence-electron chi connectivity index (χ4n) is 2.69. The van der Waals surface area contributed by atoms with Crippen LogP contribution in [0.15, 0.2) is 4.99 Å². The van der Waals surface area contributed by atoms with E-state index in [0.29, 0.717) is 12.0 Å². The summed E-state index contributed by atoms with van der Waals surface area (Å²) < 4.78 is 0. The van der Waals surface area contributed by atoms with Crippen molar-refractivity contribution in [1.29, 1.82) is 0 Å². The SMILES string of the molecule is CC(C)C1CSC(=NCCC2CCCCC2)N1. The highest BCUT2D eigenvalue weighted by Gasteiger charge is 2.22. The van der Waals surface area contributed by atoms with Gasteiger partial charge in [0, 0.05) is 18.3 Å². The molecule has 0 aromatic rings. The third-order valence-corrected chi connectivity index (χ3v) is 5.08. The van der Waals surface area contributed by atoms with Gasteiger partial charge in [-0.05, 0) is 18.3 Å². The number of aliphatic imine (C=N–C) groups is 1. The van der Waals surface area contributed by atoms with E-state index in [2.05, 4.69) is 19.2 Å². The molecular weight excluding hydrogens is 228 g/mol. The number of thioether (sulfide) groups is 1. The standard InChI is InChI=1S/C14H26N2S/c1-11(2)13-10-17-14(16-13)15-9-8-12-6-4-3-5-7-12/h11-13H,3-10H2,1-2H3,(H,15,16). The van der Waals surface area contributed by atoms with Crippen LogP contribution in [0.5, 0.6) is 0 Å². The summed E-state index contributed by atoms with van der Waals surface area (Å²) in [5, 5.41) is 4.74. The van der Waals surface area contributed by atoms with Crippen molar-refractivity contribution >= 4 is 16.9 Å². The first-order valence-corrected chi connectivity index (χ1v) is 8.18. The van der Waals surface area contributed by atoms with Crippen molar-refractivity contribution in [2.75, 3.05) is 12.3 Å². The van der Waals surface area contributed by atoms with E-state index in [0.717, 1.165) is 12.5 Å². The summed E-state index contributed by atoms with van der Waals surface area (Å²) in [7, 11) is 0. The largest absolute Gasteiger partial charge is 0.361 e. The molecule has 2 fully saturated rings. The van der Waals surface area contributed by atoms with Gasteiger partial charge in [-0.2, -0.15) is 0 Å². The highest BCUT2D eigenvalue weighted by molar-refractivity contribution is 8.14. The van der Waals surface area contributed by atoms with Gasteiger partial charge in [-0.3, -0.25) is 4.99 Å². The van der Waals surface area contributed by atoms with E-state index in [1.807, 2.05) is 11.8 Å². The van der Waals surface area contributed by atoms with Crippen molar-refractivity contribution in [1.82, 2.24) is 5.32 Å². The van der Waals surface area contributed by atoms with E-state index in [4.69, 9.17) is 4.99 Å². The Morgan fingerprint density at radius 2 is 2.06 bits per heavy atom. The van der Waals surface area contributed by atoms with Crippen LogP contribution in [0, 0.1) is 11.8 Å². The molecule has 1 heterocycles. The zero-order chi connectivity index (χ0) is 12.1. The molecule has 0 amide bonds. The van der Waals surface area contributed by atoms with Crippen molar-refractivity contribution in [2.24, 2.45) is 16.8 Å². The fourth-order valence-corrected chi connectivity index (χ4v) is 3.91. The monoisotopic (exact) mass is 254 g/mol. The number of nitrogens with zero attached hydrogens (tertiary/aromatic N) is 1. The van der Waals surface area contributed by atoms with E-state index in [1.165, 1.54) is 49.4 Å². The molecule has 0 aromatic heterocycles. The molecule has 3 heteroatoms. The Bertz CT molecular complexity index is 257. The lowest BCUT2D eigenvalue weighted by atomic mass is 9.87. The maximum Gasteiger partial charge on any atom is 0.156 e. The molecule has 0 aromatic carbocycles. The van der Waals surface area contributed by atoms with E-state index in [9.17, 15) is 0 Å². The van der Waals surface area contributed by atoms with Gasteiger partial charge in [0.25, 0.3) is 0 Å². The maximum atomic E-state index is 4.72. The molecule has 1 atom stereocenters. The summed E-state index contributed by atoms with van der Waals surface area (Å²) in [6.45, 7) is 5.59. The Morgan fingerprint density at radius 1 is 1.29 bits per heavy atom. The van der Waals surface area contributed by atoms with Crippen LogP contribution in [-0.2, 0) is 0 Å². The molecule has 17 heavy (non-hydrogen) atoms. The molecule has 0 radical (unpaired) electrons. The number of hydrogen-bond donors (Lipinski definition) is 1. The summed E-state index contributed by atoms with van der Waals surface area (Å²) >= 11 is 1.90. The van der Waals surface area contributed by atoms with E-state index in [1.54, 1.807) is 0 Å². The summed E-state index contributed by atoms with van der Waals surface area (Å²) in [6, 6.07) is 0.633. The zero-order valence-electron chi connectivity index (χ0n) is 11.2. The molecule has 1 unspecified atom stereocenters. The molecule has 0 bridgehead atoms. The summed E-state index contributed by atoms with van der Waals surface area (Å²) in [5.74, 6) is 2.87. The van der Waals surface area contributed by atoms with Crippen molar-refractivity contribution < 1.29 is 0 Å². The Kier molecular flexibility index (Phi) is 5.20. The Hall–Kier alpha value is -0.180. The van der Waals surface area contributed by atoms with Crippen LogP contribution in [0.25, 0.3) is 0 Å². The van der Waals surface area contributed by atoms with Crippen LogP contribution < -0.4 is 5.32 Å². The lowest BCUT2D eigenvalue weighted by Crippen LogP contribution is -2.31. The van der Waals surface area contributed by atoms with Gasteiger partial charge in [0.2, 0.25) is 0 Å². The second kappa shape index (κ2) is 6.67. The van der Waals surface area contributed by atoms with Gasteiger partial charge in [0.1, 0.15) is 0 Å². The van der Waals surface area contributed by atoms with Crippen molar-refractivity contribution in [3.8, 4) is 0 Å². The summed E-state index contributed by atoms with van der Waals surface area (Å²) in [5.41, 5.74) is 0. The molecule has 2 rings (SSSR count). The van der Waals surface area contributed by atoms with Gasteiger partial charge >= 0.3 is 0 Å². The Balaban J connectivity index is 1.67. The lowest BCUT2D eigenvalue weighted by molar-refractivity contribution is 0.343. The molecule has 1 aliphatic carbocycles. The molecule has 1 saturated carbocycles. The predicted octanol–water partition coefficient (Wildman–Crippen LogP) is 3.67. The van der Waals surface area contributed by atoms with Crippen molar-refractivity contribution in [2.45, 2.75) is 58.4 Å². The van der Waals surface area contributed by atoms with Crippen LogP contribution in [0.1, 0.15) is 52.4 Å². The lowest BCUT2D eigenvalue weighted by Gasteiger charge is -2.20. The first kappa shape index (κ1) is 13.3. The van der Waals surface area contributed by atoms with Gasteiger partial charge in [0.15, 0.2) is 5.17 Å². The topological polar surface area (TPSA) is 24.4 Å². The minimum atomic E-state index is 0.633. The quantitative estimate of drug-likeness (QED) is 0.827. The van der Waals surface area contributed by atoms with E-state index < -0.39 is 0 Å². The van der Waals surface area contributed by atoms with E-state index >= 15 is 0 Å². The molecule has 0 spiro atoms. The molecule has 1 saturated heterocycles. The van der Waals surface area contributed by atoms with E-state index in [-0.39, 0.29) is 0 Å². The third kappa shape index (κ3) is 4.20. The molecule has 98 valence electrons. The molecule has 2 aliphatic rings. The summed E-state index contributed by atoms with van der Waals surface area (Å²) in [4.78, 5) is 4.72. The number of nitrogens with one attached hydrogen (secondary N) is 1. The van der Waals surface area contributed by atoms with Crippen molar-refractivity contribution in [3.63, 3.8) is 0 Å². The smallest absolute Gasteiger partial charge is 0.156 e. The second-order valence-corrected chi connectivity index (χ2v) is 6.79. The van der Waals surface area contributed by atoms with Crippen LogP contribution in [0.3, 0.4) is 0 Å². The number of rotatable bonds is 4. The maximum absolute atomic E-state index is 4.72. The second-order valence-electron chi connectivity index (χ2n) is 5.79. The minimum Gasteiger partial charge on any atom is -0.361 e. The molecule has 2 nitrogen and oxygen atoms in total. The predicted molar refractivity (Wildman–Crippen MR) is 77.7 cm³/mol. The van der Waals surface area contributed by atoms with Crippen LogP contribution in [-0.4, -0.2) is 23.5 Å². The van der Waals surface area contributed by atoms with Gasteiger partial charge < -0.3 is 5.32 Å². The van der Waals surface area contributed by atoms with Gasteiger partial charge in [-0.1, -0.05) is 57.7 Å². The van der Waals surface area contributed by atoms with Crippen LogP contribution in [0.2, 0.25) is 0 Å². The summed E-state index contributed by atoms with van der Waals surface area (Å²) in [6.07, 6.45) is 8.55. The molecular formula is C14H26N2S. The normalized spacial score (nSPS) is 28.9. The highest BCUT2D eigenvalue weighted by Crippen LogP contribution is 2.26. The fraction of sp³-hybridized carbons (Fsp3) is 0.929. The van der Waals surface area contributed by atoms with Gasteiger partial charge in [-0.25, -0.2) is 0 Å². The highest BCUT2D eigenvalue weighted by atomic mass is 32.2. The van der Waals surface area contributed by atoms with Crippen LogP contribution in [0.4, 0.5) is 0 Å². The first-order valence-electron chi connectivity index (χ1n) is 7.19. The molecule has 1 N–H and O–H groups in total.